The molecule has 0 spiro atoms. The molecule has 2 aliphatic rings. The van der Waals surface area contributed by atoms with Crippen molar-refractivity contribution in [3.05, 3.63) is 111 Å². The Hall–Kier alpha value is -4.32. The van der Waals surface area contributed by atoms with E-state index in [1.807, 2.05) is 62.4 Å². The third-order valence-corrected chi connectivity index (χ3v) is 10.6. The summed E-state index contributed by atoms with van der Waals surface area (Å²) in [5.41, 5.74) is 10.5. The fraction of sp³-hybridized carbons (Fsp3) is 0.429. The first-order valence-electron chi connectivity index (χ1n) is 18.4. The number of nitrogens with zero attached hydrogens (tertiary/aromatic N) is 2. The molecule has 2 aromatic heterocycles. The van der Waals surface area contributed by atoms with Crippen molar-refractivity contribution in [1.29, 1.82) is 0 Å². The molecular formula is C42H50N4O6. The van der Waals surface area contributed by atoms with Gasteiger partial charge in [-0.2, -0.15) is 0 Å². The molecule has 0 bridgehead atoms. The highest BCUT2D eigenvalue weighted by atomic mass is 16.3. The van der Waals surface area contributed by atoms with Gasteiger partial charge >= 0.3 is 0 Å². The van der Waals surface area contributed by atoms with Crippen molar-refractivity contribution in [2.45, 2.75) is 83.2 Å². The van der Waals surface area contributed by atoms with Gasteiger partial charge in [-0.05, 0) is 132 Å². The number of ketones is 1. The number of amides is 1. The number of aliphatic hydroxyl groups is 4. The van der Waals surface area contributed by atoms with E-state index in [2.05, 4.69) is 20.6 Å². The Bertz CT molecular complexity index is 1760. The number of hydrogen-bond acceptors (Lipinski definition) is 9. The van der Waals surface area contributed by atoms with Gasteiger partial charge in [0.05, 0.1) is 19.3 Å². The van der Waals surface area contributed by atoms with Gasteiger partial charge in [-0.15, -0.1) is 0 Å². The lowest BCUT2D eigenvalue weighted by atomic mass is 9.90. The molecule has 2 aromatic carbocycles. The minimum atomic E-state index is -0.408. The number of rotatable bonds is 18. The van der Waals surface area contributed by atoms with Crippen molar-refractivity contribution in [3.8, 4) is 11.1 Å². The topological polar surface area (TPSA) is 165 Å². The van der Waals surface area contributed by atoms with E-state index in [4.69, 9.17) is 0 Å². The summed E-state index contributed by atoms with van der Waals surface area (Å²) in [5, 5.41) is 44.1. The highest BCUT2D eigenvalue weighted by Gasteiger charge is 2.29. The van der Waals surface area contributed by atoms with Crippen LogP contribution in [0.2, 0.25) is 0 Å². The minimum absolute atomic E-state index is 0.0589. The zero-order chi connectivity index (χ0) is 36.8. The maximum Gasteiger partial charge on any atom is 0.274 e. The van der Waals surface area contributed by atoms with Crippen molar-refractivity contribution >= 4 is 17.4 Å². The number of pyridine rings is 2. The molecule has 2 saturated carbocycles. The van der Waals surface area contributed by atoms with Gasteiger partial charge in [0.2, 0.25) is 0 Å². The normalized spacial score (nSPS) is 14.3. The summed E-state index contributed by atoms with van der Waals surface area (Å²) in [7, 11) is 0. The number of anilines is 1. The van der Waals surface area contributed by atoms with E-state index in [-0.39, 0.29) is 50.5 Å². The zero-order valence-corrected chi connectivity index (χ0v) is 30.1. The number of Topliss-reactive ketones (excluding diaryl/α,β-unsaturated/α-hetero) is 1. The number of aromatic nitrogens is 2. The molecule has 0 unspecified atom stereocenters. The van der Waals surface area contributed by atoms with E-state index < -0.39 is 6.04 Å². The fourth-order valence-electron chi connectivity index (χ4n) is 6.90. The smallest absolute Gasteiger partial charge is 0.274 e. The predicted molar refractivity (Wildman–Crippen MR) is 201 cm³/mol. The number of carbonyl (C=O) groups is 2. The lowest BCUT2D eigenvalue weighted by Gasteiger charge is -2.17. The minimum Gasteiger partial charge on any atom is -0.396 e. The van der Waals surface area contributed by atoms with Crippen LogP contribution < -0.4 is 10.6 Å². The third-order valence-electron chi connectivity index (χ3n) is 10.6. The van der Waals surface area contributed by atoms with Crippen LogP contribution in [0.25, 0.3) is 11.1 Å². The Kier molecular flexibility index (Phi) is 12.2. The van der Waals surface area contributed by atoms with Crippen molar-refractivity contribution in [2.24, 2.45) is 5.92 Å². The largest absolute Gasteiger partial charge is 0.396 e. The second kappa shape index (κ2) is 17.0. The van der Waals surface area contributed by atoms with Gasteiger partial charge in [0.15, 0.2) is 5.78 Å². The lowest BCUT2D eigenvalue weighted by molar-refractivity contribution is 0.0986. The number of aliphatic hydroxyl groups excluding tert-OH is 4. The first-order valence-corrected chi connectivity index (χ1v) is 18.4. The standard InChI is InChI=1S/C42H50N4O6/c1-25-30(15-41(51)39-16-37(29-13-14-29)32(20-44-39)19-43-33(23-49)24-50)5-3-6-34(25)35-7-4-8-38(26(35)2)46-42(52)40-17-36(28-11-12-28)31(18-45-40)10-9-27(21-47)22-48/h3-8,16-18,20,27-29,33,43,47-50H,9-15,19,21-24H2,1-2H3,(H,46,52). The van der Waals surface area contributed by atoms with E-state index in [1.54, 1.807) is 12.4 Å². The lowest BCUT2D eigenvalue weighted by Crippen LogP contribution is -2.35. The number of carbonyl (C=O) groups excluding carboxylic acids is 2. The zero-order valence-electron chi connectivity index (χ0n) is 30.1. The van der Waals surface area contributed by atoms with Gasteiger partial charge in [-0.25, -0.2) is 0 Å². The Labute approximate surface area is 305 Å². The Balaban J connectivity index is 1.17. The summed E-state index contributed by atoms with van der Waals surface area (Å²) in [6.07, 6.45) is 9.35. The molecule has 2 heterocycles. The van der Waals surface area contributed by atoms with Gasteiger partial charge < -0.3 is 31.1 Å². The molecule has 10 heteroatoms. The van der Waals surface area contributed by atoms with Crippen LogP contribution in [0.5, 0.6) is 0 Å². The van der Waals surface area contributed by atoms with E-state index in [9.17, 15) is 30.0 Å². The monoisotopic (exact) mass is 706 g/mol. The molecule has 0 atom stereocenters. The van der Waals surface area contributed by atoms with Crippen molar-refractivity contribution < 1.29 is 30.0 Å². The molecule has 10 nitrogen and oxygen atoms in total. The highest BCUT2D eigenvalue weighted by molar-refractivity contribution is 6.04. The summed E-state index contributed by atoms with van der Waals surface area (Å²) in [6.45, 7) is 4.02. The van der Waals surface area contributed by atoms with Crippen LogP contribution in [0.3, 0.4) is 0 Å². The third kappa shape index (κ3) is 8.82. The second-order valence-electron chi connectivity index (χ2n) is 14.4. The summed E-state index contributed by atoms with van der Waals surface area (Å²) >= 11 is 0. The van der Waals surface area contributed by atoms with Crippen LogP contribution in [0, 0.1) is 19.8 Å². The first-order chi connectivity index (χ1) is 25.2. The fourth-order valence-corrected chi connectivity index (χ4v) is 6.90. The van der Waals surface area contributed by atoms with Crippen LogP contribution in [-0.4, -0.2) is 74.6 Å². The predicted octanol–water partition coefficient (Wildman–Crippen LogP) is 5.17. The molecule has 52 heavy (non-hydrogen) atoms. The van der Waals surface area contributed by atoms with E-state index in [0.717, 1.165) is 75.8 Å². The summed E-state index contributed by atoms with van der Waals surface area (Å²) in [5.74, 6) is 0.295. The van der Waals surface area contributed by atoms with Gasteiger partial charge in [0, 0.05) is 50.2 Å². The molecule has 0 saturated heterocycles. The highest BCUT2D eigenvalue weighted by Crippen LogP contribution is 2.43. The van der Waals surface area contributed by atoms with Crippen LogP contribution in [0.4, 0.5) is 5.69 Å². The molecule has 2 aliphatic carbocycles. The summed E-state index contributed by atoms with van der Waals surface area (Å²) in [4.78, 5) is 36.2. The van der Waals surface area contributed by atoms with Gasteiger partial charge in [0.25, 0.3) is 5.91 Å². The molecule has 4 aromatic rings. The second-order valence-corrected chi connectivity index (χ2v) is 14.4. The van der Waals surface area contributed by atoms with Crippen LogP contribution in [0.1, 0.15) is 104 Å². The van der Waals surface area contributed by atoms with Gasteiger partial charge in [0.1, 0.15) is 11.4 Å². The quantitative estimate of drug-likeness (QED) is 0.0766. The van der Waals surface area contributed by atoms with Crippen molar-refractivity contribution in [2.75, 3.05) is 31.7 Å². The molecule has 6 rings (SSSR count). The van der Waals surface area contributed by atoms with E-state index >= 15 is 0 Å². The number of nitrogens with one attached hydrogen (secondary N) is 2. The molecule has 274 valence electrons. The Morgan fingerprint density at radius 3 is 2.00 bits per heavy atom. The molecular weight excluding hydrogens is 656 g/mol. The Morgan fingerprint density at radius 2 is 1.35 bits per heavy atom. The average Bonchev–Trinajstić information content (AvgIpc) is 4.09. The molecule has 2 fully saturated rings. The molecule has 1 amide bonds. The first kappa shape index (κ1) is 37.4. The summed E-state index contributed by atoms with van der Waals surface area (Å²) in [6, 6.07) is 15.2. The molecule has 6 N–H and O–H groups in total. The maximum atomic E-state index is 13.6. The molecule has 0 radical (unpaired) electrons. The van der Waals surface area contributed by atoms with Crippen molar-refractivity contribution in [3.63, 3.8) is 0 Å². The Morgan fingerprint density at radius 1 is 0.750 bits per heavy atom. The SMILES string of the molecule is Cc1c(CC(=O)c2cc(C3CC3)c(CNC(CO)CO)cn2)cccc1-c1cccc(NC(=O)c2cc(C3CC3)c(CCC(CO)CO)cn2)c1C. The van der Waals surface area contributed by atoms with Crippen LogP contribution >= 0.6 is 0 Å². The van der Waals surface area contributed by atoms with Crippen molar-refractivity contribution in [1.82, 2.24) is 15.3 Å². The van der Waals surface area contributed by atoms with E-state index in [1.165, 1.54) is 0 Å². The average molecular weight is 707 g/mol. The van der Waals surface area contributed by atoms with Gasteiger partial charge in [-0.3, -0.25) is 19.6 Å². The number of aryl methyl sites for hydroxylation is 1. The number of benzene rings is 2. The van der Waals surface area contributed by atoms with E-state index in [0.29, 0.717) is 48.3 Å². The molecule has 0 aliphatic heterocycles. The van der Waals surface area contributed by atoms with Crippen LogP contribution in [-0.2, 0) is 19.4 Å². The maximum absolute atomic E-state index is 13.6. The summed E-state index contributed by atoms with van der Waals surface area (Å²) < 4.78 is 0. The number of hydrogen-bond donors (Lipinski definition) is 6. The van der Waals surface area contributed by atoms with Gasteiger partial charge in [-0.1, -0.05) is 30.3 Å². The van der Waals surface area contributed by atoms with Crippen LogP contribution in [0.15, 0.2) is 60.9 Å².